The van der Waals surface area contributed by atoms with Crippen molar-refractivity contribution >= 4 is 28.4 Å². The second kappa shape index (κ2) is 6.82. The monoisotopic (exact) mass is 386 g/mol. The maximum atomic E-state index is 13.2. The van der Waals surface area contributed by atoms with Gasteiger partial charge in [-0.05, 0) is 62.5 Å². The van der Waals surface area contributed by atoms with Gasteiger partial charge in [-0.1, -0.05) is 24.1 Å². The Kier molecular flexibility index (Phi) is 4.44. The summed E-state index contributed by atoms with van der Waals surface area (Å²) in [4.78, 5) is 13.2. The lowest BCUT2D eigenvalue weighted by molar-refractivity contribution is 0.0916. The van der Waals surface area contributed by atoms with Gasteiger partial charge in [-0.3, -0.25) is 4.79 Å². The Labute approximate surface area is 165 Å². The molecule has 5 heteroatoms. The highest BCUT2D eigenvalue weighted by Crippen LogP contribution is 2.49. The normalized spacial score (nSPS) is 30.9. The summed E-state index contributed by atoms with van der Waals surface area (Å²) in [5, 5.41) is 4.81. The van der Waals surface area contributed by atoms with Gasteiger partial charge in [0.05, 0.1) is 28.8 Å². The van der Waals surface area contributed by atoms with E-state index in [0.717, 1.165) is 35.8 Å². The van der Waals surface area contributed by atoms with Gasteiger partial charge in [0, 0.05) is 24.2 Å². The molecule has 1 amide bonds. The number of nitrogens with one attached hydrogen (secondary N) is 1. The van der Waals surface area contributed by atoms with Crippen LogP contribution in [0, 0.1) is 17.8 Å². The van der Waals surface area contributed by atoms with Crippen molar-refractivity contribution in [3.8, 4) is 0 Å². The van der Waals surface area contributed by atoms with E-state index in [2.05, 4.69) is 22.9 Å². The van der Waals surface area contributed by atoms with Gasteiger partial charge in [0.2, 0.25) is 0 Å². The molecule has 0 radical (unpaired) electrons. The molecule has 2 aliphatic carbocycles. The number of carbonyl (C=O) groups excluding carboxylic acids is 1. The van der Waals surface area contributed by atoms with Gasteiger partial charge in [-0.15, -0.1) is 0 Å². The summed E-state index contributed by atoms with van der Waals surface area (Å²) in [7, 11) is 0. The zero-order valence-electron chi connectivity index (χ0n) is 15.8. The Hall–Kier alpha value is -1.52. The van der Waals surface area contributed by atoms with Gasteiger partial charge in [0.1, 0.15) is 0 Å². The molecule has 3 fully saturated rings. The van der Waals surface area contributed by atoms with Gasteiger partial charge in [0.25, 0.3) is 5.91 Å². The van der Waals surface area contributed by atoms with Crippen LogP contribution in [0.25, 0.3) is 10.9 Å². The fraction of sp³-hybridized carbons (Fsp3) is 0.591. The third-order valence-electron chi connectivity index (χ3n) is 7.14. The van der Waals surface area contributed by atoms with Crippen molar-refractivity contribution in [3.63, 3.8) is 0 Å². The van der Waals surface area contributed by atoms with Crippen LogP contribution in [-0.2, 0) is 4.74 Å². The highest BCUT2D eigenvalue weighted by molar-refractivity contribution is 6.36. The van der Waals surface area contributed by atoms with E-state index in [4.69, 9.17) is 16.3 Å². The molecular formula is C22H27ClN2O2. The molecule has 144 valence electrons. The fourth-order valence-corrected chi connectivity index (χ4v) is 6.05. The number of rotatable bonds is 4. The number of carbonyl (C=O) groups is 1. The summed E-state index contributed by atoms with van der Waals surface area (Å²) >= 11 is 6.52. The fourth-order valence-electron chi connectivity index (χ4n) is 5.78. The molecule has 2 heterocycles. The number of aromatic nitrogens is 1. The molecule has 1 saturated heterocycles. The van der Waals surface area contributed by atoms with Crippen LogP contribution in [0.2, 0.25) is 5.02 Å². The average Bonchev–Trinajstić information content (AvgIpc) is 3.43. The van der Waals surface area contributed by atoms with Gasteiger partial charge in [0.15, 0.2) is 0 Å². The predicted octanol–water partition coefficient (Wildman–Crippen LogP) is 4.81. The second-order valence-electron chi connectivity index (χ2n) is 8.70. The van der Waals surface area contributed by atoms with Gasteiger partial charge in [-0.25, -0.2) is 0 Å². The molecule has 27 heavy (non-hydrogen) atoms. The number of benzene rings is 1. The van der Waals surface area contributed by atoms with Crippen LogP contribution in [0.5, 0.6) is 0 Å². The topological polar surface area (TPSA) is 43.3 Å². The van der Waals surface area contributed by atoms with Crippen molar-refractivity contribution in [3.05, 3.63) is 35.0 Å². The number of hydrogen-bond acceptors (Lipinski definition) is 2. The summed E-state index contributed by atoms with van der Waals surface area (Å²) in [6, 6.07) is 6.36. The molecule has 1 N–H and O–H groups in total. The quantitative estimate of drug-likeness (QED) is 0.819. The van der Waals surface area contributed by atoms with Crippen LogP contribution in [0.4, 0.5) is 0 Å². The van der Waals surface area contributed by atoms with E-state index in [9.17, 15) is 4.79 Å². The number of nitrogens with zero attached hydrogens (tertiary/aromatic N) is 1. The molecule has 1 aromatic heterocycles. The molecule has 2 aromatic rings. The standard InChI is InChI=1S/C22H27ClN2O2/c1-13(17-10-14-5-6-15(17)9-14)24-22(26)18-11-25(16-7-8-27-12-16)20-4-2-3-19(23)21(18)20/h2-4,11,13-17H,5-10,12H2,1H3,(H,24,26)/t13?,14-,15+,16?,17?/m0/s1. The Morgan fingerprint density at radius 1 is 1.30 bits per heavy atom. The first-order valence-corrected chi connectivity index (χ1v) is 10.7. The van der Waals surface area contributed by atoms with Crippen LogP contribution < -0.4 is 5.32 Å². The molecule has 5 atom stereocenters. The lowest BCUT2D eigenvalue weighted by Crippen LogP contribution is -2.40. The Bertz CT molecular complexity index is 871. The summed E-state index contributed by atoms with van der Waals surface area (Å²) in [5.74, 6) is 2.31. The van der Waals surface area contributed by atoms with Gasteiger partial charge >= 0.3 is 0 Å². The minimum absolute atomic E-state index is 0.000962. The highest BCUT2D eigenvalue weighted by atomic mass is 35.5. The van der Waals surface area contributed by atoms with E-state index in [1.165, 1.54) is 25.7 Å². The number of hydrogen-bond donors (Lipinski definition) is 1. The van der Waals surface area contributed by atoms with Crippen molar-refractivity contribution in [2.75, 3.05) is 13.2 Å². The van der Waals surface area contributed by atoms with Crippen LogP contribution in [0.3, 0.4) is 0 Å². The van der Waals surface area contributed by atoms with Gasteiger partial charge in [-0.2, -0.15) is 0 Å². The summed E-state index contributed by atoms with van der Waals surface area (Å²) < 4.78 is 7.75. The number of fused-ring (bicyclic) bond motifs is 3. The van der Waals surface area contributed by atoms with E-state index in [-0.39, 0.29) is 18.0 Å². The van der Waals surface area contributed by atoms with E-state index in [1.54, 1.807) is 0 Å². The maximum absolute atomic E-state index is 13.2. The molecule has 0 spiro atoms. The maximum Gasteiger partial charge on any atom is 0.253 e. The third-order valence-corrected chi connectivity index (χ3v) is 7.46. The Morgan fingerprint density at radius 3 is 2.89 bits per heavy atom. The predicted molar refractivity (Wildman–Crippen MR) is 107 cm³/mol. The number of amides is 1. The van der Waals surface area contributed by atoms with Gasteiger partial charge < -0.3 is 14.6 Å². The zero-order valence-corrected chi connectivity index (χ0v) is 16.5. The molecule has 4 nitrogen and oxygen atoms in total. The minimum Gasteiger partial charge on any atom is -0.379 e. The van der Waals surface area contributed by atoms with Crippen LogP contribution in [-0.4, -0.2) is 29.7 Å². The molecule has 2 bridgehead atoms. The molecule has 1 aromatic carbocycles. The van der Waals surface area contributed by atoms with E-state index >= 15 is 0 Å². The lowest BCUT2D eigenvalue weighted by Gasteiger charge is -2.28. The Morgan fingerprint density at radius 2 is 2.19 bits per heavy atom. The lowest BCUT2D eigenvalue weighted by atomic mass is 9.84. The first-order chi connectivity index (χ1) is 13.1. The molecular weight excluding hydrogens is 360 g/mol. The van der Waals surface area contributed by atoms with Crippen molar-refractivity contribution in [1.82, 2.24) is 9.88 Å². The van der Waals surface area contributed by atoms with Crippen LogP contribution >= 0.6 is 11.6 Å². The van der Waals surface area contributed by atoms with Crippen molar-refractivity contribution in [2.24, 2.45) is 17.8 Å². The molecule has 2 saturated carbocycles. The highest BCUT2D eigenvalue weighted by Gasteiger charge is 2.42. The molecule has 3 unspecified atom stereocenters. The van der Waals surface area contributed by atoms with E-state index in [1.807, 2.05) is 18.3 Å². The first kappa shape index (κ1) is 17.6. The van der Waals surface area contributed by atoms with Crippen LogP contribution in [0.1, 0.15) is 55.4 Å². The van der Waals surface area contributed by atoms with Crippen molar-refractivity contribution in [2.45, 2.75) is 51.1 Å². The third kappa shape index (κ3) is 2.98. The number of ether oxygens (including phenoxy) is 1. The SMILES string of the molecule is CC(NC(=O)c1cn(C2CCOC2)c2cccc(Cl)c12)C1C[C@H]2CC[C@@H]1C2. The van der Waals surface area contributed by atoms with Crippen LogP contribution in [0.15, 0.2) is 24.4 Å². The Balaban J connectivity index is 1.44. The van der Waals surface area contributed by atoms with E-state index in [0.29, 0.717) is 23.1 Å². The van der Waals surface area contributed by atoms with Crippen molar-refractivity contribution in [1.29, 1.82) is 0 Å². The number of halogens is 1. The first-order valence-electron chi connectivity index (χ1n) is 10.3. The summed E-state index contributed by atoms with van der Waals surface area (Å²) in [5.41, 5.74) is 1.72. The molecule has 1 aliphatic heterocycles. The average molecular weight is 387 g/mol. The largest absolute Gasteiger partial charge is 0.379 e. The van der Waals surface area contributed by atoms with E-state index < -0.39 is 0 Å². The molecule has 3 aliphatic rings. The second-order valence-corrected chi connectivity index (χ2v) is 9.11. The minimum atomic E-state index is 0.000962. The summed E-state index contributed by atoms with van der Waals surface area (Å²) in [6.07, 6.45) is 8.31. The summed E-state index contributed by atoms with van der Waals surface area (Å²) in [6.45, 7) is 3.64. The van der Waals surface area contributed by atoms with Crippen molar-refractivity contribution < 1.29 is 9.53 Å². The molecule has 5 rings (SSSR count). The smallest absolute Gasteiger partial charge is 0.253 e. The zero-order chi connectivity index (χ0) is 18.5.